The number of hydrogen-bond acceptors (Lipinski definition) is 5. The van der Waals surface area contributed by atoms with E-state index in [4.69, 9.17) is 9.57 Å². The molecule has 0 saturated carbocycles. The zero-order chi connectivity index (χ0) is 18.9. The van der Waals surface area contributed by atoms with E-state index in [1.165, 1.54) is 0 Å². The molecule has 27 heavy (non-hydrogen) atoms. The van der Waals surface area contributed by atoms with Gasteiger partial charge >= 0.3 is 0 Å². The van der Waals surface area contributed by atoms with Crippen molar-refractivity contribution in [2.75, 3.05) is 26.2 Å². The molecule has 2 atom stereocenters. The van der Waals surface area contributed by atoms with Gasteiger partial charge in [-0.1, -0.05) is 59.8 Å². The zero-order valence-electron chi connectivity index (χ0n) is 15.4. The third-order valence-corrected chi connectivity index (χ3v) is 4.34. The standard InChI is InChI=1S/C22H26N2O3/c1-2-13-24(15-19(25)17-26-20-11-7-4-8-12-20)16-21-14-22(23-27-21)18-9-5-3-6-10-18/h2-12,19,21,25H,1,13-17H2/t19-,21-/m0/s1. The first kappa shape index (κ1) is 19.1. The normalized spacial score (nSPS) is 17.3. The maximum Gasteiger partial charge on any atom is 0.145 e. The number of benzene rings is 2. The van der Waals surface area contributed by atoms with E-state index >= 15 is 0 Å². The van der Waals surface area contributed by atoms with E-state index < -0.39 is 6.10 Å². The summed E-state index contributed by atoms with van der Waals surface area (Å²) in [6, 6.07) is 19.6. The van der Waals surface area contributed by atoms with Crippen molar-refractivity contribution in [3.8, 4) is 5.75 Å². The van der Waals surface area contributed by atoms with Gasteiger partial charge in [-0.05, 0) is 17.7 Å². The summed E-state index contributed by atoms with van der Waals surface area (Å²) in [6.45, 7) is 5.89. The zero-order valence-corrected chi connectivity index (χ0v) is 15.4. The Morgan fingerprint density at radius 3 is 2.59 bits per heavy atom. The fourth-order valence-corrected chi connectivity index (χ4v) is 3.08. The van der Waals surface area contributed by atoms with Crippen LogP contribution in [0.4, 0.5) is 0 Å². The Balaban J connectivity index is 1.47. The molecule has 0 unspecified atom stereocenters. The van der Waals surface area contributed by atoms with Crippen LogP contribution >= 0.6 is 0 Å². The van der Waals surface area contributed by atoms with E-state index in [0.717, 1.165) is 23.4 Å². The van der Waals surface area contributed by atoms with E-state index in [0.29, 0.717) is 19.6 Å². The van der Waals surface area contributed by atoms with Crippen molar-refractivity contribution in [2.24, 2.45) is 5.16 Å². The van der Waals surface area contributed by atoms with Gasteiger partial charge in [-0.25, -0.2) is 0 Å². The molecule has 2 aromatic rings. The smallest absolute Gasteiger partial charge is 0.145 e. The van der Waals surface area contributed by atoms with Crippen molar-refractivity contribution in [1.29, 1.82) is 0 Å². The number of nitrogens with zero attached hydrogens (tertiary/aromatic N) is 2. The van der Waals surface area contributed by atoms with E-state index in [-0.39, 0.29) is 12.7 Å². The number of hydrogen-bond donors (Lipinski definition) is 1. The molecular weight excluding hydrogens is 340 g/mol. The minimum Gasteiger partial charge on any atom is -0.491 e. The average Bonchev–Trinajstić information content (AvgIpc) is 3.16. The van der Waals surface area contributed by atoms with Gasteiger partial charge in [0.15, 0.2) is 0 Å². The van der Waals surface area contributed by atoms with Crippen LogP contribution in [0.3, 0.4) is 0 Å². The molecule has 5 nitrogen and oxygen atoms in total. The molecule has 0 amide bonds. The van der Waals surface area contributed by atoms with Crippen LogP contribution in [-0.4, -0.2) is 54.2 Å². The van der Waals surface area contributed by atoms with Gasteiger partial charge in [-0.3, -0.25) is 4.90 Å². The van der Waals surface area contributed by atoms with E-state index in [1.54, 1.807) is 0 Å². The third-order valence-electron chi connectivity index (χ3n) is 4.34. The van der Waals surface area contributed by atoms with Crippen molar-refractivity contribution >= 4 is 5.71 Å². The Morgan fingerprint density at radius 2 is 1.89 bits per heavy atom. The number of para-hydroxylation sites is 1. The molecule has 0 bridgehead atoms. The first-order valence-corrected chi connectivity index (χ1v) is 9.22. The Labute approximate surface area is 160 Å². The SMILES string of the molecule is C=CCN(C[C@H](O)COc1ccccc1)C[C@@H]1CC(c2ccccc2)=NO1. The minimum absolute atomic E-state index is 0.0256. The first-order chi connectivity index (χ1) is 13.2. The molecule has 0 spiro atoms. The Kier molecular flexibility index (Phi) is 7.02. The number of ether oxygens (including phenoxy) is 1. The molecule has 0 aliphatic carbocycles. The number of aliphatic hydroxyl groups is 1. The molecule has 0 radical (unpaired) electrons. The summed E-state index contributed by atoms with van der Waals surface area (Å²) in [5.74, 6) is 0.756. The highest BCUT2D eigenvalue weighted by atomic mass is 16.6. The van der Waals surface area contributed by atoms with Crippen molar-refractivity contribution in [2.45, 2.75) is 18.6 Å². The summed E-state index contributed by atoms with van der Waals surface area (Å²) < 4.78 is 5.64. The number of oxime groups is 1. The number of rotatable bonds is 10. The van der Waals surface area contributed by atoms with E-state index in [9.17, 15) is 5.11 Å². The predicted octanol–water partition coefficient (Wildman–Crippen LogP) is 3.11. The second kappa shape index (κ2) is 9.90. The van der Waals surface area contributed by atoms with Crippen molar-refractivity contribution in [3.05, 3.63) is 78.9 Å². The highest BCUT2D eigenvalue weighted by molar-refractivity contribution is 6.01. The Hall–Kier alpha value is -2.63. The highest BCUT2D eigenvalue weighted by Crippen LogP contribution is 2.18. The van der Waals surface area contributed by atoms with Crippen LogP contribution in [0.2, 0.25) is 0 Å². The molecule has 1 aliphatic heterocycles. The lowest BCUT2D eigenvalue weighted by Crippen LogP contribution is -2.40. The molecule has 2 aromatic carbocycles. The fraction of sp³-hybridized carbons (Fsp3) is 0.318. The van der Waals surface area contributed by atoms with Gasteiger partial charge in [0, 0.05) is 26.1 Å². The topological polar surface area (TPSA) is 54.3 Å². The molecule has 0 aromatic heterocycles. The summed E-state index contributed by atoms with van der Waals surface area (Å²) in [7, 11) is 0. The highest BCUT2D eigenvalue weighted by Gasteiger charge is 2.25. The molecule has 1 heterocycles. The van der Waals surface area contributed by atoms with Gasteiger partial charge in [-0.2, -0.15) is 0 Å². The van der Waals surface area contributed by atoms with Crippen molar-refractivity contribution < 1.29 is 14.7 Å². The molecule has 5 heteroatoms. The Bertz CT molecular complexity index is 734. The second-order valence-corrected chi connectivity index (χ2v) is 6.62. The summed E-state index contributed by atoms with van der Waals surface area (Å²) in [5.41, 5.74) is 2.05. The molecule has 3 rings (SSSR count). The van der Waals surface area contributed by atoms with Crippen LogP contribution in [0.15, 0.2) is 78.5 Å². The lowest BCUT2D eigenvalue weighted by Gasteiger charge is -2.25. The monoisotopic (exact) mass is 366 g/mol. The summed E-state index contributed by atoms with van der Waals surface area (Å²) in [5, 5.41) is 14.6. The minimum atomic E-state index is -0.596. The van der Waals surface area contributed by atoms with Crippen LogP contribution < -0.4 is 4.74 Å². The molecule has 1 aliphatic rings. The van der Waals surface area contributed by atoms with Gasteiger partial charge in [0.1, 0.15) is 24.6 Å². The lowest BCUT2D eigenvalue weighted by atomic mass is 10.0. The van der Waals surface area contributed by atoms with Gasteiger partial charge in [0.25, 0.3) is 0 Å². The van der Waals surface area contributed by atoms with Crippen LogP contribution in [-0.2, 0) is 4.84 Å². The first-order valence-electron chi connectivity index (χ1n) is 9.22. The quantitative estimate of drug-likeness (QED) is 0.657. The molecule has 0 fully saturated rings. The van der Waals surface area contributed by atoms with Crippen LogP contribution in [0.1, 0.15) is 12.0 Å². The van der Waals surface area contributed by atoms with E-state index in [1.807, 2.05) is 66.7 Å². The molecule has 142 valence electrons. The van der Waals surface area contributed by atoms with Gasteiger partial charge < -0.3 is 14.7 Å². The van der Waals surface area contributed by atoms with Crippen LogP contribution in [0, 0.1) is 0 Å². The van der Waals surface area contributed by atoms with Gasteiger partial charge in [0.2, 0.25) is 0 Å². The maximum atomic E-state index is 10.3. The van der Waals surface area contributed by atoms with Crippen molar-refractivity contribution in [3.63, 3.8) is 0 Å². The van der Waals surface area contributed by atoms with Crippen LogP contribution in [0.5, 0.6) is 5.75 Å². The lowest BCUT2D eigenvalue weighted by molar-refractivity contribution is 0.0283. The fourth-order valence-electron chi connectivity index (χ4n) is 3.08. The average molecular weight is 366 g/mol. The molecular formula is C22H26N2O3. The predicted molar refractivity (Wildman–Crippen MR) is 107 cm³/mol. The van der Waals surface area contributed by atoms with Gasteiger partial charge in [0.05, 0.1) is 5.71 Å². The van der Waals surface area contributed by atoms with E-state index in [2.05, 4.69) is 16.6 Å². The Morgan fingerprint density at radius 1 is 1.19 bits per heavy atom. The maximum absolute atomic E-state index is 10.3. The third kappa shape index (κ3) is 5.94. The largest absolute Gasteiger partial charge is 0.491 e. The summed E-state index contributed by atoms with van der Waals surface area (Å²) in [4.78, 5) is 7.72. The molecule has 0 saturated heterocycles. The van der Waals surface area contributed by atoms with Crippen molar-refractivity contribution in [1.82, 2.24) is 4.90 Å². The molecule has 1 N–H and O–H groups in total. The summed E-state index contributed by atoms with van der Waals surface area (Å²) >= 11 is 0. The summed E-state index contributed by atoms with van der Waals surface area (Å²) in [6.07, 6.45) is 1.97. The second-order valence-electron chi connectivity index (χ2n) is 6.62. The van der Waals surface area contributed by atoms with Crippen LogP contribution in [0.25, 0.3) is 0 Å². The number of aliphatic hydroxyl groups excluding tert-OH is 1. The van der Waals surface area contributed by atoms with Gasteiger partial charge in [-0.15, -0.1) is 6.58 Å².